The molecule has 1 atom stereocenters. The van der Waals surface area contributed by atoms with Gasteiger partial charge in [-0.3, -0.25) is 0 Å². The van der Waals surface area contributed by atoms with Crippen LogP contribution in [-0.4, -0.2) is 34.7 Å². The van der Waals surface area contributed by atoms with Gasteiger partial charge in [0, 0.05) is 11.9 Å². The summed E-state index contributed by atoms with van der Waals surface area (Å²) in [7, 11) is 0. The van der Waals surface area contributed by atoms with Crippen LogP contribution in [0.25, 0.3) is 0 Å². The van der Waals surface area contributed by atoms with E-state index < -0.39 is 12.1 Å². The van der Waals surface area contributed by atoms with E-state index in [4.69, 9.17) is 9.84 Å². The normalized spacial score (nSPS) is 12.3. The first-order valence-electron chi connectivity index (χ1n) is 5.78. The highest BCUT2D eigenvalue weighted by atomic mass is 79.9. The van der Waals surface area contributed by atoms with Crippen molar-refractivity contribution in [2.45, 2.75) is 18.9 Å². The van der Waals surface area contributed by atoms with E-state index in [1.165, 1.54) is 0 Å². The number of aliphatic hydroxyl groups excluding tert-OH is 1. The van der Waals surface area contributed by atoms with Gasteiger partial charge < -0.3 is 14.9 Å². The topological polar surface area (TPSA) is 66.8 Å². The maximum absolute atomic E-state index is 10.7. The standard InChI is InChI=1S/C13H17BrO4/c14-6-2-7-18-8-5-10-3-1-4-11(9-10)12(15)13(16)17/h1,3-4,9,12,15H,2,5-8H2,(H,16,17)/t12-/m1/s1. The van der Waals surface area contributed by atoms with Gasteiger partial charge in [0.2, 0.25) is 0 Å². The fraction of sp³-hybridized carbons (Fsp3) is 0.462. The summed E-state index contributed by atoms with van der Waals surface area (Å²) in [6.45, 7) is 1.31. The van der Waals surface area contributed by atoms with Gasteiger partial charge in [-0.2, -0.15) is 0 Å². The van der Waals surface area contributed by atoms with E-state index in [1.54, 1.807) is 18.2 Å². The molecule has 0 bridgehead atoms. The molecule has 4 nitrogen and oxygen atoms in total. The molecular formula is C13H17BrO4. The average molecular weight is 317 g/mol. The lowest BCUT2D eigenvalue weighted by Crippen LogP contribution is -2.10. The first-order chi connectivity index (χ1) is 8.65. The van der Waals surface area contributed by atoms with Crippen molar-refractivity contribution in [3.8, 4) is 0 Å². The van der Waals surface area contributed by atoms with Crippen LogP contribution in [0.1, 0.15) is 23.7 Å². The lowest BCUT2D eigenvalue weighted by Gasteiger charge is -2.08. The van der Waals surface area contributed by atoms with Gasteiger partial charge in [0.1, 0.15) is 0 Å². The minimum atomic E-state index is -1.46. The highest BCUT2D eigenvalue weighted by molar-refractivity contribution is 9.09. The second-order valence-corrected chi connectivity index (χ2v) is 4.68. The smallest absolute Gasteiger partial charge is 0.337 e. The summed E-state index contributed by atoms with van der Waals surface area (Å²) in [6.07, 6.45) is 0.222. The number of carboxylic acid groups (broad SMARTS) is 1. The fourth-order valence-electron chi connectivity index (χ4n) is 1.51. The van der Waals surface area contributed by atoms with Crippen molar-refractivity contribution in [1.29, 1.82) is 0 Å². The molecule has 0 fully saturated rings. The third kappa shape index (κ3) is 5.16. The van der Waals surface area contributed by atoms with Gasteiger partial charge in [0.25, 0.3) is 0 Å². The zero-order valence-electron chi connectivity index (χ0n) is 10.0. The second-order valence-electron chi connectivity index (χ2n) is 3.89. The molecule has 100 valence electrons. The van der Waals surface area contributed by atoms with Crippen molar-refractivity contribution >= 4 is 21.9 Å². The van der Waals surface area contributed by atoms with Gasteiger partial charge in [-0.15, -0.1) is 0 Å². The molecule has 0 aromatic heterocycles. The van der Waals surface area contributed by atoms with Crippen LogP contribution >= 0.6 is 15.9 Å². The molecule has 1 aromatic carbocycles. The predicted octanol–water partition coefficient (Wildman–Crippen LogP) is 2.15. The Bertz CT molecular complexity index is 381. The van der Waals surface area contributed by atoms with Crippen molar-refractivity contribution in [3.63, 3.8) is 0 Å². The van der Waals surface area contributed by atoms with Crippen LogP contribution in [0.2, 0.25) is 0 Å². The van der Waals surface area contributed by atoms with Crippen LogP contribution in [0.5, 0.6) is 0 Å². The highest BCUT2D eigenvalue weighted by Gasteiger charge is 2.15. The Morgan fingerprint density at radius 1 is 1.39 bits per heavy atom. The third-order valence-corrected chi connectivity index (χ3v) is 3.02. The number of hydrogen-bond acceptors (Lipinski definition) is 3. The maximum Gasteiger partial charge on any atom is 0.337 e. The zero-order valence-corrected chi connectivity index (χ0v) is 11.6. The third-order valence-electron chi connectivity index (χ3n) is 2.46. The number of aliphatic hydroxyl groups is 1. The molecular weight excluding hydrogens is 300 g/mol. The zero-order chi connectivity index (χ0) is 13.4. The van der Waals surface area contributed by atoms with Gasteiger partial charge in [-0.25, -0.2) is 4.79 Å². The first kappa shape index (κ1) is 15.1. The Morgan fingerprint density at radius 2 is 2.17 bits per heavy atom. The Kier molecular flexibility index (Phi) is 6.93. The fourth-order valence-corrected chi connectivity index (χ4v) is 1.74. The molecule has 0 heterocycles. The van der Waals surface area contributed by atoms with Gasteiger partial charge in [-0.1, -0.05) is 40.2 Å². The minimum absolute atomic E-state index is 0.403. The molecule has 0 aliphatic carbocycles. The number of alkyl halides is 1. The summed E-state index contributed by atoms with van der Waals surface area (Å²) < 4.78 is 5.42. The SMILES string of the molecule is O=C(O)[C@H](O)c1cccc(CCOCCCBr)c1. The van der Waals surface area contributed by atoms with E-state index >= 15 is 0 Å². The van der Waals surface area contributed by atoms with Crippen LogP contribution in [0, 0.1) is 0 Å². The number of ether oxygens (including phenoxy) is 1. The number of benzene rings is 1. The Morgan fingerprint density at radius 3 is 2.83 bits per heavy atom. The number of aliphatic carboxylic acids is 1. The lowest BCUT2D eigenvalue weighted by atomic mass is 10.0. The molecule has 0 aliphatic heterocycles. The number of carbonyl (C=O) groups is 1. The number of carboxylic acids is 1. The molecule has 5 heteroatoms. The molecule has 0 radical (unpaired) electrons. The summed E-state index contributed by atoms with van der Waals surface area (Å²) in [5.74, 6) is -1.24. The lowest BCUT2D eigenvalue weighted by molar-refractivity contribution is -0.146. The van der Waals surface area contributed by atoms with Crippen LogP contribution in [-0.2, 0) is 16.0 Å². The van der Waals surface area contributed by atoms with Gasteiger partial charge in [0.05, 0.1) is 6.61 Å². The van der Waals surface area contributed by atoms with E-state index in [0.29, 0.717) is 25.2 Å². The van der Waals surface area contributed by atoms with Crippen molar-refractivity contribution in [1.82, 2.24) is 0 Å². The first-order valence-corrected chi connectivity index (χ1v) is 6.90. The van der Waals surface area contributed by atoms with Crippen LogP contribution in [0.3, 0.4) is 0 Å². The molecule has 0 saturated heterocycles. The van der Waals surface area contributed by atoms with E-state index in [9.17, 15) is 9.90 Å². The summed E-state index contributed by atoms with van der Waals surface area (Å²) in [4.78, 5) is 10.7. The predicted molar refractivity (Wildman–Crippen MR) is 72.0 cm³/mol. The summed E-state index contributed by atoms with van der Waals surface area (Å²) in [5.41, 5.74) is 1.37. The molecule has 1 aromatic rings. The quantitative estimate of drug-likeness (QED) is 0.569. The summed E-state index contributed by atoms with van der Waals surface area (Å²) in [5, 5.41) is 19.1. The van der Waals surface area contributed by atoms with Crippen molar-refractivity contribution < 1.29 is 19.7 Å². The second kappa shape index (κ2) is 8.24. The molecule has 0 aliphatic rings. The van der Waals surface area contributed by atoms with Gasteiger partial charge >= 0.3 is 5.97 Å². The molecule has 0 amide bonds. The van der Waals surface area contributed by atoms with E-state index in [0.717, 1.165) is 17.3 Å². The monoisotopic (exact) mass is 316 g/mol. The van der Waals surface area contributed by atoms with Crippen molar-refractivity contribution in [3.05, 3.63) is 35.4 Å². The minimum Gasteiger partial charge on any atom is -0.479 e. The van der Waals surface area contributed by atoms with E-state index in [1.807, 2.05) is 6.07 Å². The Labute approximate surface area is 115 Å². The molecule has 0 unspecified atom stereocenters. The van der Waals surface area contributed by atoms with Crippen molar-refractivity contribution in [2.24, 2.45) is 0 Å². The number of rotatable bonds is 8. The molecule has 0 saturated carbocycles. The van der Waals surface area contributed by atoms with E-state index in [2.05, 4.69) is 15.9 Å². The Hall–Kier alpha value is -0.910. The largest absolute Gasteiger partial charge is 0.479 e. The maximum atomic E-state index is 10.7. The molecule has 0 spiro atoms. The number of hydrogen-bond donors (Lipinski definition) is 2. The van der Waals surface area contributed by atoms with Crippen LogP contribution in [0.4, 0.5) is 0 Å². The summed E-state index contributed by atoms with van der Waals surface area (Å²) >= 11 is 3.32. The van der Waals surface area contributed by atoms with Crippen molar-refractivity contribution in [2.75, 3.05) is 18.5 Å². The molecule has 18 heavy (non-hydrogen) atoms. The highest BCUT2D eigenvalue weighted by Crippen LogP contribution is 2.15. The van der Waals surface area contributed by atoms with Crippen LogP contribution in [0.15, 0.2) is 24.3 Å². The molecule has 1 rings (SSSR count). The summed E-state index contributed by atoms with van der Waals surface area (Å²) in [6, 6.07) is 6.95. The number of halogens is 1. The molecule has 2 N–H and O–H groups in total. The van der Waals surface area contributed by atoms with Gasteiger partial charge in [0.15, 0.2) is 6.10 Å². The van der Waals surface area contributed by atoms with Crippen LogP contribution < -0.4 is 0 Å². The Balaban J connectivity index is 2.47. The average Bonchev–Trinajstić information content (AvgIpc) is 2.38. The van der Waals surface area contributed by atoms with Gasteiger partial charge in [-0.05, 0) is 24.0 Å². The van der Waals surface area contributed by atoms with E-state index in [-0.39, 0.29) is 0 Å².